The fourth-order valence-corrected chi connectivity index (χ4v) is 3.57. The van der Waals surface area contributed by atoms with Gasteiger partial charge in [-0.2, -0.15) is 0 Å². The average molecular weight is 320 g/mol. The third-order valence-corrected chi connectivity index (χ3v) is 4.88. The van der Waals surface area contributed by atoms with Gasteiger partial charge in [0.05, 0.1) is 6.10 Å². The molecule has 0 spiro atoms. The van der Waals surface area contributed by atoms with Gasteiger partial charge >= 0.3 is 0 Å². The van der Waals surface area contributed by atoms with E-state index in [0.717, 1.165) is 44.9 Å². The van der Waals surface area contributed by atoms with E-state index in [1.807, 2.05) is 0 Å². The van der Waals surface area contributed by atoms with Crippen LogP contribution in [0.1, 0.15) is 51.4 Å². The standard InChI is InChI=1S/C18H25FN2O2/c19-16-11-14(8-9-17(16)23-15-6-1-2-7-15)21-18(22)12-4-3-5-13(20)10-12/h8-9,11-13,15H,1-7,10,20H2,(H,21,22). The molecule has 0 heterocycles. The predicted molar refractivity (Wildman–Crippen MR) is 87.8 cm³/mol. The first kappa shape index (κ1) is 16.2. The number of nitrogens with one attached hydrogen (secondary N) is 1. The van der Waals surface area contributed by atoms with Crippen molar-refractivity contribution in [3.8, 4) is 5.75 Å². The molecule has 2 aliphatic carbocycles. The highest BCUT2D eigenvalue weighted by Gasteiger charge is 2.25. The quantitative estimate of drug-likeness (QED) is 0.891. The zero-order chi connectivity index (χ0) is 16.2. The number of halogens is 1. The monoisotopic (exact) mass is 320 g/mol. The molecule has 5 heteroatoms. The number of hydrogen-bond acceptors (Lipinski definition) is 3. The van der Waals surface area contributed by atoms with Crippen LogP contribution in [0.4, 0.5) is 10.1 Å². The molecule has 0 bridgehead atoms. The average Bonchev–Trinajstić information content (AvgIpc) is 3.03. The van der Waals surface area contributed by atoms with E-state index in [-0.39, 0.29) is 29.7 Å². The van der Waals surface area contributed by atoms with Gasteiger partial charge in [-0.1, -0.05) is 6.42 Å². The summed E-state index contributed by atoms with van der Waals surface area (Å²) in [7, 11) is 0. The zero-order valence-corrected chi connectivity index (χ0v) is 13.4. The normalized spacial score (nSPS) is 25.3. The summed E-state index contributed by atoms with van der Waals surface area (Å²) in [5, 5.41) is 2.80. The van der Waals surface area contributed by atoms with Gasteiger partial charge in [0.25, 0.3) is 0 Å². The lowest BCUT2D eigenvalue weighted by Gasteiger charge is -2.25. The van der Waals surface area contributed by atoms with Gasteiger partial charge in [-0.15, -0.1) is 0 Å². The van der Waals surface area contributed by atoms with Crippen LogP contribution < -0.4 is 15.8 Å². The molecule has 4 nitrogen and oxygen atoms in total. The number of hydrogen-bond donors (Lipinski definition) is 2. The van der Waals surface area contributed by atoms with Gasteiger partial charge in [-0.3, -0.25) is 4.79 Å². The van der Waals surface area contributed by atoms with E-state index in [4.69, 9.17) is 10.5 Å². The summed E-state index contributed by atoms with van der Waals surface area (Å²) < 4.78 is 19.9. The molecule has 1 aromatic carbocycles. The summed E-state index contributed by atoms with van der Waals surface area (Å²) in [5.41, 5.74) is 6.40. The first-order valence-corrected chi connectivity index (χ1v) is 8.64. The minimum absolute atomic E-state index is 0.0657. The second kappa shape index (κ2) is 7.30. The number of amides is 1. The minimum atomic E-state index is -0.421. The molecule has 0 aliphatic heterocycles. The Morgan fingerprint density at radius 1 is 1.17 bits per heavy atom. The molecule has 23 heavy (non-hydrogen) atoms. The Kier molecular flexibility index (Phi) is 5.16. The third-order valence-electron chi connectivity index (χ3n) is 4.88. The van der Waals surface area contributed by atoms with E-state index < -0.39 is 5.82 Å². The second-order valence-corrected chi connectivity index (χ2v) is 6.78. The van der Waals surface area contributed by atoms with E-state index in [9.17, 15) is 9.18 Å². The number of benzene rings is 1. The van der Waals surface area contributed by atoms with Gasteiger partial charge in [-0.05, 0) is 57.1 Å². The molecule has 2 aliphatic rings. The summed E-state index contributed by atoms with van der Waals surface area (Å²) in [6, 6.07) is 4.74. The van der Waals surface area contributed by atoms with E-state index in [2.05, 4.69) is 5.32 Å². The van der Waals surface area contributed by atoms with Crippen molar-refractivity contribution in [1.29, 1.82) is 0 Å². The number of rotatable bonds is 4. The highest BCUT2D eigenvalue weighted by molar-refractivity contribution is 5.92. The SMILES string of the molecule is NC1CCCC(C(=O)Nc2ccc(OC3CCCC3)c(F)c2)C1. The Labute approximate surface area is 136 Å². The first-order chi connectivity index (χ1) is 11.1. The number of ether oxygens (including phenoxy) is 1. The number of anilines is 1. The minimum Gasteiger partial charge on any atom is -0.487 e. The van der Waals surface area contributed by atoms with E-state index in [1.54, 1.807) is 12.1 Å². The fourth-order valence-electron chi connectivity index (χ4n) is 3.57. The van der Waals surface area contributed by atoms with E-state index in [0.29, 0.717) is 12.1 Å². The van der Waals surface area contributed by atoms with Crippen molar-refractivity contribution in [2.24, 2.45) is 11.7 Å². The van der Waals surface area contributed by atoms with Crippen LogP contribution in [-0.4, -0.2) is 18.1 Å². The summed E-state index contributed by atoms with van der Waals surface area (Å²) in [6.45, 7) is 0. The van der Waals surface area contributed by atoms with E-state index >= 15 is 0 Å². The maximum absolute atomic E-state index is 14.2. The highest BCUT2D eigenvalue weighted by Crippen LogP contribution is 2.29. The maximum atomic E-state index is 14.2. The summed E-state index contributed by atoms with van der Waals surface area (Å²) in [5.74, 6) is -0.287. The Balaban J connectivity index is 1.59. The van der Waals surface area contributed by atoms with Crippen molar-refractivity contribution in [2.45, 2.75) is 63.5 Å². The van der Waals surface area contributed by atoms with Crippen molar-refractivity contribution in [1.82, 2.24) is 0 Å². The van der Waals surface area contributed by atoms with Gasteiger partial charge < -0.3 is 15.8 Å². The molecular weight excluding hydrogens is 295 g/mol. The largest absolute Gasteiger partial charge is 0.487 e. The lowest BCUT2D eigenvalue weighted by atomic mass is 9.85. The fraction of sp³-hybridized carbons (Fsp3) is 0.611. The molecule has 126 valence electrons. The molecule has 2 saturated carbocycles. The molecule has 1 amide bonds. The van der Waals surface area contributed by atoms with Gasteiger partial charge in [-0.25, -0.2) is 4.39 Å². The van der Waals surface area contributed by atoms with Gasteiger partial charge in [0.1, 0.15) is 0 Å². The number of carbonyl (C=O) groups excluding carboxylic acids is 1. The molecule has 3 rings (SSSR count). The van der Waals surface area contributed by atoms with Crippen molar-refractivity contribution in [3.63, 3.8) is 0 Å². The van der Waals surface area contributed by atoms with E-state index in [1.165, 1.54) is 6.07 Å². The third kappa shape index (κ3) is 4.22. The summed E-state index contributed by atoms with van der Waals surface area (Å²) >= 11 is 0. The second-order valence-electron chi connectivity index (χ2n) is 6.78. The Morgan fingerprint density at radius 3 is 2.65 bits per heavy atom. The molecule has 0 saturated heterocycles. The van der Waals surface area contributed by atoms with Crippen LogP contribution in [0.15, 0.2) is 18.2 Å². The Morgan fingerprint density at radius 2 is 1.96 bits per heavy atom. The van der Waals surface area contributed by atoms with Crippen LogP contribution in [0.2, 0.25) is 0 Å². The summed E-state index contributed by atoms with van der Waals surface area (Å²) in [4.78, 5) is 12.3. The molecule has 0 radical (unpaired) electrons. The molecule has 3 N–H and O–H groups in total. The molecule has 1 aromatic rings. The van der Waals surface area contributed by atoms with Gasteiger partial charge in [0.15, 0.2) is 11.6 Å². The van der Waals surface area contributed by atoms with Crippen molar-refractivity contribution < 1.29 is 13.9 Å². The molecule has 0 aromatic heterocycles. The Hall–Kier alpha value is -1.62. The lowest BCUT2D eigenvalue weighted by Crippen LogP contribution is -2.34. The van der Waals surface area contributed by atoms with Crippen LogP contribution in [0.25, 0.3) is 0 Å². The topological polar surface area (TPSA) is 64.4 Å². The smallest absolute Gasteiger partial charge is 0.227 e. The maximum Gasteiger partial charge on any atom is 0.227 e. The van der Waals surface area contributed by atoms with Crippen molar-refractivity contribution >= 4 is 11.6 Å². The van der Waals surface area contributed by atoms with Gasteiger partial charge in [0.2, 0.25) is 5.91 Å². The van der Waals surface area contributed by atoms with Crippen LogP contribution in [0, 0.1) is 11.7 Å². The van der Waals surface area contributed by atoms with Crippen molar-refractivity contribution in [3.05, 3.63) is 24.0 Å². The number of nitrogens with two attached hydrogens (primary N) is 1. The predicted octanol–water partition coefficient (Wildman–Crippen LogP) is 3.60. The lowest BCUT2D eigenvalue weighted by molar-refractivity contribution is -0.120. The van der Waals surface area contributed by atoms with Crippen LogP contribution in [0.5, 0.6) is 5.75 Å². The molecule has 2 fully saturated rings. The summed E-state index contributed by atoms with van der Waals surface area (Å²) in [6.07, 6.45) is 7.89. The molecule has 2 atom stereocenters. The van der Waals surface area contributed by atoms with Crippen LogP contribution in [0.3, 0.4) is 0 Å². The number of carbonyl (C=O) groups is 1. The molecule has 2 unspecified atom stereocenters. The van der Waals surface area contributed by atoms with Crippen LogP contribution >= 0.6 is 0 Å². The van der Waals surface area contributed by atoms with Crippen LogP contribution in [-0.2, 0) is 4.79 Å². The highest BCUT2D eigenvalue weighted by atomic mass is 19.1. The van der Waals surface area contributed by atoms with Gasteiger partial charge in [0, 0.05) is 23.7 Å². The first-order valence-electron chi connectivity index (χ1n) is 8.64. The Bertz CT molecular complexity index is 558. The zero-order valence-electron chi connectivity index (χ0n) is 13.4. The van der Waals surface area contributed by atoms with Crippen molar-refractivity contribution in [2.75, 3.05) is 5.32 Å². The molecular formula is C18H25FN2O2.